The van der Waals surface area contributed by atoms with Crippen LogP contribution in [-0.2, 0) is 7.05 Å². The highest BCUT2D eigenvalue weighted by molar-refractivity contribution is 5.98. The SMILES string of the molecule is Cn1ccc2cc(C(=O)NC(C)(C)CO)ccc21. The number of nitrogens with one attached hydrogen (secondary N) is 1. The number of nitrogens with zero attached hydrogens (tertiary/aromatic N) is 1. The second kappa shape index (κ2) is 4.46. The summed E-state index contributed by atoms with van der Waals surface area (Å²) < 4.78 is 2.01. The zero-order valence-electron chi connectivity index (χ0n) is 10.9. The summed E-state index contributed by atoms with van der Waals surface area (Å²) in [6, 6.07) is 7.56. The molecule has 0 bridgehead atoms. The van der Waals surface area contributed by atoms with E-state index in [1.807, 2.05) is 36.0 Å². The Morgan fingerprint density at radius 1 is 1.39 bits per heavy atom. The number of fused-ring (bicyclic) bond motifs is 1. The van der Waals surface area contributed by atoms with Crippen LogP contribution in [0.25, 0.3) is 10.9 Å². The minimum Gasteiger partial charge on any atom is -0.394 e. The Kier molecular flexibility index (Phi) is 3.13. The third-order valence-electron chi connectivity index (χ3n) is 2.99. The zero-order chi connectivity index (χ0) is 13.3. The molecule has 0 spiro atoms. The molecule has 0 fully saturated rings. The van der Waals surface area contributed by atoms with Crippen molar-refractivity contribution in [2.75, 3.05) is 6.61 Å². The fourth-order valence-electron chi connectivity index (χ4n) is 1.84. The number of hydrogen-bond acceptors (Lipinski definition) is 2. The molecule has 1 aromatic heterocycles. The lowest BCUT2D eigenvalue weighted by Gasteiger charge is -2.23. The zero-order valence-corrected chi connectivity index (χ0v) is 10.9. The van der Waals surface area contributed by atoms with Gasteiger partial charge in [-0.25, -0.2) is 0 Å². The number of aryl methyl sites for hydroxylation is 1. The van der Waals surface area contributed by atoms with Crippen molar-refractivity contribution in [1.29, 1.82) is 0 Å². The highest BCUT2D eigenvalue weighted by Gasteiger charge is 2.20. The van der Waals surface area contributed by atoms with E-state index >= 15 is 0 Å². The van der Waals surface area contributed by atoms with Crippen molar-refractivity contribution < 1.29 is 9.90 Å². The van der Waals surface area contributed by atoms with Crippen molar-refractivity contribution >= 4 is 16.8 Å². The highest BCUT2D eigenvalue weighted by atomic mass is 16.3. The first-order valence-electron chi connectivity index (χ1n) is 5.91. The molecular weight excluding hydrogens is 228 g/mol. The molecule has 2 aromatic rings. The van der Waals surface area contributed by atoms with Gasteiger partial charge in [-0.15, -0.1) is 0 Å². The normalized spacial score (nSPS) is 11.8. The van der Waals surface area contributed by atoms with Gasteiger partial charge in [0.25, 0.3) is 5.91 Å². The Balaban J connectivity index is 2.28. The van der Waals surface area contributed by atoms with Crippen molar-refractivity contribution in [3.05, 3.63) is 36.0 Å². The molecule has 1 heterocycles. The number of aliphatic hydroxyl groups excluding tert-OH is 1. The van der Waals surface area contributed by atoms with Gasteiger partial charge in [-0.05, 0) is 38.1 Å². The van der Waals surface area contributed by atoms with Gasteiger partial charge in [-0.3, -0.25) is 4.79 Å². The number of benzene rings is 1. The van der Waals surface area contributed by atoms with Crippen LogP contribution in [0.3, 0.4) is 0 Å². The fraction of sp³-hybridized carbons (Fsp3) is 0.357. The second-order valence-electron chi connectivity index (χ2n) is 5.20. The van der Waals surface area contributed by atoms with Gasteiger partial charge in [0, 0.05) is 29.7 Å². The van der Waals surface area contributed by atoms with Gasteiger partial charge in [-0.1, -0.05) is 0 Å². The van der Waals surface area contributed by atoms with Crippen molar-refractivity contribution in [1.82, 2.24) is 9.88 Å². The molecule has 0 aliphatic heterocycles. The Labute approximate surface area is 106 Å². The summed E-state index contributed by atoms with van der Waals surface area (Å²) in [7, 11) is 1.97. The summed E-state index contributed by atoms with van der Waals surface area (Å²) in [4.78, 5) is 12.0. The molecule has 0 radical (unpaired) electrons. The molecule has 2 rings (SSSR count). The van der Waals surface area contributed by atoms with Gasteiger partial charge < -0.3 is 15.0 Å². The highest BCUT2D eigenvalue weighted by Crippen LogP contribution is 2.17. The quantitative estimate of drug-likeness (QED) is 0.865. The molecule has 4 nitrogen and oxygen atoms in total. The summed E-state index contributed by atoms with van der Waals surface area (Å²) in [6.45, 7) is 3.48. The maximum absolute atomic E-state index is 12.0. The standard InChI is InChI=1S/C14H18N2O2/c1-14(2,9-17)15-13(18)11-4-5-12-10(8-11)6-7-16(12)3/h4-8,17H,9H2,1-3H3,(H,15,18). The monoisotopic (exact) mass is 246 g/mol. The number of rotatable bonds is 3. The Hall–Kier alpha value is -1.81. The van der Waals surface area contributed by atoms with E-state index in [0.29, 0.717) is 5.56 Å². The first-order chi connectivity index (χ1) is 8.43. The molecule has 0 aliphatic rings. The van der Waals surface area contributed by atoms with E-state index in [1.165, 1.54) is 0 Å². The number of aromatic nitrogens is 1. The summed E-state index contributed by atoms with van der Waals surface area (Å²) in [5.41, 5.74) is 1.09. The van der Waals surface area contributed by atoms with Gasteiger partial charge in [-0.2, -0.15) is 0 Å². The Morgan fingerprint density at radius 3 is 2.78 bits per heavy atom. The average molecular weight is 246 g/mol. The lowest BCUT2D eigenvalue weighted by molar-refractivity contribution is 0.0869. The van der Waals surface area contributed by atoms with E-state index in [0.717, 1.165) is 10.9 Å². The molecule has 4 heteroatoms. The van der Waals surface area contributed by atoms with Crippen LogP contribution in [0.4, 0.5) is 0 Å². The van der Waals surface area contributed by atoms with Gasteiger partial charge >= 0.3 is 0 Å². The molecule has 18 heavy (non-hydrogen) atoms. The van der Waals surface area contributed by atoms with E-state index < -0.39 is 5.54 Å². The van der Waals surface area contributed by atoms with Crippen LogP contribution >= 0.6 is 0 Å². The molecule has 0 aliphatic carbocycles. The van der Waals surface area contributed by atoms with Crippen LogP contribution in [0.2, 0.25) is 0 Å². The van der Waals surface area contributed by atoms with Crippen LogP contribution in [0.1, 0.15) is 24.2 Å². The summed E-state index contributed by atoms with van der Waals surface area (Å²) in [5.74, 6) is -0.167. The van der Waals surface area contributed by atoms with E-state index in [4.69, 9.17) is 5.11 Å². The van der Waals surface area contributed by atoms with Gasteiger partial charge in [0.1, 0.15) is 0 Å². The number of amides is 1. The molecular formula is C14H18N2O2. The predicted molar refractivity (Wildman–Crippen MR) is 71.6 cm³/mol. The second-order valence-corrected chi connectivity index (χ2v) is 5.20. The number of carbonyl (C=O) groups is 1. The predicted octanol–water partition coefficient (Wildman–Crippen LogP) is 1.68. The molecule has 0 saturated carbocycles. The third kappa shape index (κ3) is 2.38. The lowest BCUT2D eigenvalue weighted by Crippen LogP contribution is -2.46. The van der Waals surface area contributed by atoms with Crippen molar-refractivity contribution in [2.45, 2.75) is 19.4 Å². The number of hydrogen-bond donors (Lipinski definition) is 2. The molecule has 2 N–H and O–H groups in total. The van der Waals surface area contributed by atoms with Gasteiger partial charge in [0.05, 0.1) is 12.1 Å². The van der Waals surface area contributed by atoms with E-state index in [-0.39, 0.29) is 12.5 Å². The first-order valence-corrected chi connectivity index (χ1v) is 5.91. The molecule has 0 unspecified atom stereocenters. The van der Waals surface area contributed by atoms with Crippen LogP contribution in [0, 0.1) is 0 Å². The Bertz CT molecular complexity index is 584. The maximum atomic E-state index is 12.0. The van der Waals surface area contributed by atoms with Crippen molar-refractivity contribution in [3.8, 4) is 0 Å². The van der Waals surface area contributed by atoms with Crippen molar-refractivity contribution in [2.24, 2.45) is 7.05 Å². The lowest BCUT2D eigenvalue weighted by atomic mass is 10.1. The van der Waals surface area contributed by atoms with Crippen LogP contribution < -0.4 is 5.32 Å². The molecule has 0 atom stereocenters. The van der Waals surface area contributed by atoms with Crippen LogP contribution in [0.15, 0.2) is 30.5 Å². The molecule has 1 aromatic carbocycles. The fourth-order valence-corrected chi connectivity index (χ4v) is 1.84. The largest absolute Gasteiger partial charge is 0.394 e. The minimum atomic E-state index is -0.608. The summed E-state index contributed by atoms with van der Waals surface area (Å²) in [5, 5.41) is 13.0. The van der Waals surface area contributed by atoms with Crippen molar-refractivity contribution in [3.63, 3.8) is 0 Å². The number of carbonyl (C=O) groups excluding carboxylic acids is 1. The summed E-state index contributed by atoms with van der Waals surface area (Å²) >= 11 is 0. The average Bonchev–Trinajstić information content (AvgIpc) is 2.70. The molecule has 0 saturated heterocycles. The first kappa shape index (κ1) is 12.6. The topological polar surface area (TPSA) is 54.3 Å². The smallest absolute Gasteiger partial charge is 0.251 e. The maximum Gasteiger partial charge on any atom is 0.251 e. The van der Waals surface area contributed by atoms with Gasteiger partial charge in [0.15, 0.2) is 0 Å². The van der Waals surface area contributed by atoms with Crippen LogP contribution in [0.5, 0.6) is 0 Å². The third-order valence-corrected chi connectivity index (χ3v) is 2.99. The van der Waals surface area contributed by atoms with Crippen LogP contribution in [-0.4, -0.2) is 27.7 Å². The molecule has 1 amide bonds. The van der Waals surface area contributed by atoms with E-state index in [2.05, 4.69) is 5.32 Å². The Morgan fingerprint density at radius 2 is 2.11 bits per heavy atom. The molecule has 96 valence electrons. The number of aliphatic hydroxyl groups is 1. The minimum absolute atomic E-state index is 0.0910. The van der Waals surface area contributed by atoms with E-state index in [9.17, 15) is 4.79 Å². The van der Waals surface area contributed by atoms with E-state index in [1.54, 1.807) is 19.9 Å². The van der Waals surface area contributed by atoms with Gasteiger partial charge in [0.2, 0.25) is 0 Å². The summed E-state index contributed by atoms with van der Waals surface area (Å²) in [6.07, 6.45) is 1.96.